The van der Waals surface area contributed by atoms with Gasteiger partial charge >= 0.3 is 59.1 Å². The van der Waals surface area contributed by atoms with Gasteiger partial charge in [-0.1, -0.05) is 12.2 Å². The van der Waals surface area contributed by atoms with Crippen LogP contribution in [0.25, 0.3) is 0 Å². The maximum Gasteiger partial charge on any atom is 1.00 e. The Morgan fingerprint density at radius 3 is 2.25 bits per heavy atom. The van der Waals surface area contributed by atoms with Crippen LogP contribution < -0.4 is 59.1 Å². The normalized spacial score (nSPS) is 6.50. The van der Waals surface area contributed by atoms with Crippen molar-refractivity contribution in [3.8, 4) is 0 Å². The van der Waals surface area contributed by atoms with E-state index in [1.807, 2.05) is 0 Å². The van der Waals surface area contributed by atoms with Crippen molar-refractivity contribution in [2.75, 3.05) is 0 Å². The monoisotopic (exact) mass is 147 g/mol. The molecule has 0 aliphatic heterocycles. The molecule has 0 unspecified atom stereocenters. The van der Waals surface area contributed by atoms with Gasteiger partial charge < -0.3 is 0 Å². The summed E-state index contributed by atoms with van der Waals surface area (Å²) in [6.45, 7) is 0. The van der Waals surface area contributed by atoms with Crippen molar-refractivity contribution in [2.24, 2.45) is 0 Å². The Kier molecular flexibility index (Phi) is 9.78. The molecule has 32 valence electrons. The van der Waals surface area contributed by atoms with Crippen molar-refractivity contribution in [1.82, 2.24) is 15.4 Å². The summed E-state index contributed by atoms with van der Waals surface area (Å²) < 4.78 is 0.634. The smallest absolute Gasteiger partial charge is 0.273 e. The van der Waals surface area contributed by atoms with E-state index in [1.54, 1.807) is 0 Å². The Bertz CT molecular complexity index is 153. The van der Waals surface area contributed by atoms with Gasteiger partial charge in [0.25, 0.3) is 0 Å². The number of H-pyrrole nitrogens is 2. The van der Waals surface area contributed by atoms with E-state index in [-0.39, 0.29) is 59.1 Å². The molecule has 6 heteroatoms. The van der Waals surface area contributed by atoms with Crippen LogP contribution in [0.3, 0.4) is 0 Å². The van der Waals surface area contributed by atoms with Gasteiger partial charge in [0.05, 0.1) is 6.20 Å². The summed E-state index contributed by atoms with van der Waals surface area (Å²) in [6, 6.07) is 0. The number of nitrogens with zero attached hydrogens (tertiary/aromatic N) is 1. The molecular formula is C2H3N3Na2S+2. The number of rotatable bonds is 0. The molecule has 8 heavy (non-hydrogen) atoms. The topological polar surface area (TPSA) is 44.5 Å². The molecule has 0 atom stereocenters. The zero-order valence-corrected chi connectivity index (χ0v) is 9.75. The van der Waals surface area contributed by atoms with E-state index >= 15 is 0 Å². The van der Waals surface area contributed by atoms with Crippen molar-refractivity contribution >= 4 is 12.2 Å². The van der Waals surface area contributed by atoms with Gasteiger partial charge in [0.15, 0.2) is 0 Å². The second kappa shape index (κ2) is 6.48. The fourth-order valence-electron chi connectivity index (χ4n) is 0.211. The van der Waals surface area contributed by atoms with Crippen LogP contribution in [-0.4, -0.2) is 15.4 Å². The molecule has 0 bridgehead atoms. The van der Waals surface area contributed by atoms with Gasteiger partial charge in [-0.25, -0.2) is 5.21 Å². The van der Waals surface area contributed by atoms with Crippen LogP contribution in [-0.2, 0) is 0 Å². The van der Waals surface area contributed by atoms with E-state index in [4.69, 9.17) is 0 Å². The van der Waals surface area contributed by atoms with Crippen LogP contribution in [0.5, 0.6) is 0 Å². The van der Waals surface area contributed by atoms with Crippen LogP contribution in [0.1, 0.15) is 0 Å². The standard InChI is InChI=1S/C2H3N3S.2Na/c6-2-1-3-5-4-2;;/h1H,(H2,3,4,5,6);;/q;2*+1. The van der Waals surface area contributed by atoms with Crippen LogP contribution in [0, 0.1) is 4.64 Å². The fraction of sp³-hybridized carbons (Fsp3) is 0. The Balaban J connectivity index is 0. The first kappa shape index (κ1) is 12.1. The van der Waals surface area contributed by atoms with Gasteiger partial charge in [-0.3, -0.25) is 5.10 Å². The maximum absolute atomic E-state index is 4.60. The van der Waals surface area contributed by atoms with Crippen LogP contribution in [0.4, 0.5) is 0 Å². The predicted molar refractivity (Wildman–Crippen MR) is 23.8 cm³/mol. The average Bonchev–Trinajstić information content (AvgIpc) is 1.86. The first-order valence-electron chi connectivity index (χ1n) is 1.47. The molecule has 2 N–H and O–H groups in total. The van der Waals surface area contributed by atoms with Gasteiger partial charge in [-0.2, -0.15) is 5.10 Å². The van der Waals surface area contributed by atoms with Gasteiger partial charge in [0.1, 0.15) is 4.64 Å². The maximum atomic E-state index is 4.60. The summed E-state index contributed by atoms with van der Waals surface area (Å²) in [5.74, 6) is 0. The number of hydrogen-bond acceptors (Lipinski definition) is 2. The summed E-state index contributed by atoms with van der Waals surface area (Å²) in [5, 5.41) is 8.57. The van der Waals surface area contributed by atoms with Crippen molar-refractivity contribution in [1.29, 1.82) is 0 Å². The Labute approximate surface area is 96.2 Å². The SMILES string of the molecule is S=c1cn[nH][nH]1.[Na+].[Na+]. The summed E-state index contributed by atoms with van der Waals surface area (Å²) >= 11 is 4.60. The third kappa shape index (κ3) is 4.26. The molecule has 0 aromatic carbocycles. The second-order valence-corrected chi connectivity index (χ2v) is 1.30. The molecule has 1 heterocycles. The molecule has 1 rings (SSSR count). The van der Waals surface area contributed by atoms with E-state index < -0.39 is 0 Å². The van der Waals surface area contributed by atoms with Crippen molar-refractivity contribution in [3.05, 3.63) is 10.8 Å². The number of aromatic amines is 2. The number of nitrogens with one attached hydrogen (secondary N) is 2. The zero-order valence-electron chi connectivity index (χ0n) is 4.93. The molecule has 3 nitrogen and oxygen atoms in total. The minimum absolute atomic E-state index is 0. The predicted octanol–water partition coefficient (Wildman–Crippen LogP) is -5.52. The van der Waals surface area contributed by atoms with E-state index in [1.165, 1.54) is 6.20 Å². The third-order valence-electron chi connectivity index (χ3n) is 0.425. The van der Waals surface area contributed by atoms with Crippen molar-refractivity contribution in [2.45, 2.75) is 0 Å². The molecule has 0 aliphatic carbocycles. The molecular weight excluding hydrogens is 144 g/mol. The summed E-state index contributed by atoms with van der Waals surface area (Å²) in [5.41, 5.74) is 0. The van der Waals surface area contributed by atoms with Crippen molar-refractivity contribution < 1.29 is 59.1 Å². The largest absolute Gasteiger partial charge is 1.00 e. The first-order chi connectivity index (χ1) is 2.89. The zero-order chi connectivity index (χ0) is 4.41. The molecule has 0 radical (unpaired) electrons. The van der Waals surface area contributed by atoms with Crippen molar-refractivity contribution in [3.63, 3.8) is 0 Å². The fourth-order valence-corrected chi connectivity index (χ4v) is 0.309. The summed E-state index contributed by atoms with van der Waals surface area (Å²) in [6.07, 6.45) is 1.54. The van der Waals surface area contributed by atoms with E-state index in [0.717, 1.165) is 0 Å². The van der Waals surface area contributed by atoms with Gasteiger partial charge in [-0.15, -0.1) is 0 Å². The Morgan fingerprint density at radius 1 is 1.50 bits per heavy atom. The van der Waals surface area contributed by atoms with Crippen LogP contribution >= 0.6 is 12.2 Å². The molecule has 0 saturated heterocycles. The van der Waals surface area contributed by atoms with E-state index in [2.05, 4.69) is 27.6 Å². The van der Waals surface area contributed by atoms with E-state index in [9.17, 15) is 0 Å². The first-order valence-corrected chi connectivity index (χ1v) is 1.88. The third-order valence-corrected chi connectivity index (χ3v) is 0.633. The summed E-state index contributed by atoms with van der Waals surface area (Å²) in [7, 11) is 0. The summed E-state index contributed by atoms with van der Waals surface area (Å²) in [4.78, 5) is 0. The molecule has 0 fully saturated rings. The molecule has 1 aromatic heterocycles. The minimum atomic E-state index is 0. The Hall–Kier alpha value is 1.36. The van der Waals surface area contributed by atoms with Gasteiger partial charge in [0.2, 0.25) is 0 Å². The number of hydrogen-bond donors (Lipinski definition) is 2. The molecule has 1 aromatic rings. The quantitative estimate of drug-likeness (QED) is 0.284. The minimum Gasteiger partial charge on any atom is -0.273 e. The van der Waals surface area contributed by atoms with Crippen LogP contribution in [0.2, 0.25) is 0 Å². The van der Waals surface area contributed by atoms with Gasteiger partial charge in [-0.05, 0) is 0 Å². The number of aromatic nitrogens is 3. The average molecular weight is 147 g/mol. The Morgan fingerprint density at radius 2 is 2.12 bits per heavy atom. The molecule has 0 amide bonds. The van der Waals surface area contributed by atoms with E-state index in [0.29, 0.717) is 4.64 Å². The van der Waals surface area contributed by atoms with Crippen LogP contribution in [0.15, 0.2) is 6.20 Å². The van der Waals surface area contributed by atoms with Gasteiger partial charge in [0, 0.05) is 0 Å². The molecule has 0 saturated carbocycles. The molecule has 0 aliphatic rings. The second-order valence-electron chi connectivity index (χ2n) is 0.859. The molecule has 0 spiro atoms.